The molecule has 0 radical (unpaired) electrons. The normalized spacial score (nSPS) is 19.9. The highest BCUT2D eigenvalue weighted by Crippen LogP contribution is 2.23. The molecular formula is C14H19NO2. The summed E-state index contributed by atoms with van der Waals surface area (Å²) in [5.74, 6) is -0.296. The molecule has 1 aromatic rings. The standard InChI is InChI=1S/C14H19NO2/c1-14(17,11-7-3-2-4-8-11)13(16)15-12-9-5-6-10-12/h2-4,7-8,12,17H,5-6,9-10H2,1H3,(H,15,16). The molecule has 1 saturated carbocycles. The van der Waals surface area contributed by atoms with E-state index in [-0.39, 0.29) is 11.9 Å². The highest BCUT2D eigenvalue weighted by molar-refractivity contribution is 5.86. The molecule has 0 aliphatic heterocycles. The van der Waals surface area contributed by atoms with Crippen LogP contribution in [0.15, 0.2) is 30.3 Å². The zero-order valence-electron chi connectivity index (χ0n) is 10.1. The van der Waals surface area contributed by atoms with Crippen LogP contribution in [0.2, 0.25) is 0 Å². The first-order chi connectivity index (χ1) is 8.10. The Hall–Kier alpha value is -1.35. The van der Waals surface area contributed by atoms with E-state index in [1.54, 1.807) is 19.1 Å². The van der Waals surface area contributed by atoms with Crippen molar-refractivity contribution < 1.29 is 9.90 Å². The fraction of sp³-hybridized carbons (Fsp3) is 0.500. The second-order valence-corrected chi connectivity index (χ2v) is 4.89. The first-order valence-corrected chi connectivity index (χ1v) is 6.19. The lowest BCUT2D eigenvalue weighted by molar-refractivity contribution is -0.139. The molecule has 1 aliphatic rings. The lowest BCUT2D eigenvalue weighted by Crippen LogP contribution is -2.45. The van der Waals surface area contributed by atoms with E-state index in [2.05, 4.69) is 5.32 Å². The summed E-state index contributed by atoms with van der Waals surface area (Å²) in [6.07, 6.45) is 4.38. The van der Waals surface area contributed by atoms with Gasteiger partial charge in [-0.2, -0.15) is 0 Å². The van der Waals surface area contributed by atoms with Crippen molar-refractivity contribution in [1.82, 2.24) is 5.32 Å². The molecule has 1 amide bonds. The van der Waals surface area contributed by atoms with Crippen molar-refractivity contribution in [3.63, 3.8) is 0 Å². The predicted octanol–water partition coefficient (Wildman–Crippen LogP) is 1.95. The second kappa shape index (κ2) is 4.88. The fourth-order valence-electron chi connectivity index (χ4n) is 2.29. The fourth-order valence-corrected chi connectivity index (χ4v) is 2.29. The number of nitrogens with one attached hydrogen (secondary N) is 1. The third kappa shape index (κ3) is 2.67. The maximum absolute atomic E-state index is 12.1. The molecule has 92 valence electrons. The molecule has 1 aliphatic carbocycles. The summed E-state index contributed by atoms with van der Waals surface area (Å²) < 4.78 is 0. The first-order valence-electron chi connectivity index (χ1n) is 6.19. The van der Waals surface area contributed by atoms with Gasteiger partial charge in [-0.15, -0.1) is 0 Å². The summed E-state index contributed by atoms with van der Waals surface area (Å²) in [5, 5.41) is 13.2. The van der Waals surface area contributed by atoms with Crippen LogP contribution < -0.4 is 5.32 Å². The summed E-state index contributed by atoms with van der Waals surface area (Å²) in [7, 11) is 0. The molecule has 3 heteroatoms. The van der Waals surface area contributed by atoms with E-state index in [1.165, 1.54) is 12.8 Å². The molecule has 1 aromatic carbocycles. The Kier molecular flexibility index (Phi) is 3.48. The molecule has 0 spiro atoms. The highest BCUT2D eigenvalue weighted by atomic mass is 16.3. The minimum atomic E-state index is -1.44. The average molecular weight is 233 g/mol. The Morgan fingerprint density at radius 1 is 1.29 bits per heavy atom. The van der Waals surface area contributed by atoms with Crippen molar-refractivity contribution in [2.75, 3.05) is 0 Å². The summed E-state index contributed by atoms with van der Waals surface area (Å²) >= 11 is 0. The van der Waals surface area contributed by atoms with E-state index in [9.17, 15) is 9.90 Å². The van der Waals surface area contributed by atoms with Gasteiger partial charge in [-0.3, -0.25) is 4.79 Å². The molecule has 1 atom stereocenters. The number of benzene rings is 1. The van der Waals surface area contributed by atoms with Crippen LogP contribution in [0.1, 0.15) is 38.2 Å². The Balaban J connectivity index is 2.06. The third-order valence-electron chi connectivity index (χ3n) is 3.47. The largest absolute Gasteiger partial charge is 0.376 e. The lowest BCUT2D eigenvalue weighted by atomic mass is 9.95. The smallest absolute Gasteiger partial charge is 0.256 e. The number of rotatable bonds is 3. The summed E-state index contributed by atoms with van der Waals surface area (Å²) in [6, 6.07) is 9.30. The number of hydrogen-bond acceptors (Lipinski definition) is 2. The Morgan fingerprint density at radius 3 is 2.47 bits per heavy atom. The minimum absolute atomic E-state index is 0.234. The molecule has 2 rings (SSSR count). The van der Waals surface area contributed by atoms with Crippen LogP contribution in [-0.4, -0.2) is 17.1 Å². The first kappa shape index (κ1) is 12.1. The molecule has 2 N–H and O–H groups in total. The molecular weight excluding hydrogens is 214 g/mol. The molecule has 3 nitrogen and oxygen atoms in total. The highest BCUT2D eigenvalue weighted by Gasteiger charge is 2.33. The Morgan fingerprint density at radius 2 is 1.88 bits per heavy atom. The van der Waals surface area contributed by atoms with Gasteiger partial charge in [0.2, 0.25) is 0 Å². The monoisotopic (exact) mass is 233 g/mol. The van der Waals surface area contributed by atoms with Gasteiger partial charge in [0.25, 0.3) is 5.91 Å². The third-order valence-corrected chi connectivity index (χ3v) is 3.47. The van der Waals surface area contributed by atoms with Crippen molar-refractivity contribution in [2.24, 2.45) is 0 Å². The van der Waals surface area contributed by atoms with Crippen LogP contribution >= 0.6 is 0 Å². The topological polar surface area (TPSA) is 49.3 Å². The van der Waals surface area contributed by atoms with Crippen LogP contribution in [0.25, 0.3) is 0 Å². The van der Waals surface area contributed by atoms with Crippen molar-refractivity contribution in [3.8, 4) is 0 Å². The van der Waals surface area contributed by atoms with E-state index >= 15 is 0 Å². The maximum atomic E-state index is 12.1. The van der Waals surface area contributed by atoms with Gasteiger partial charge in [0.05, 0.1) is 0 Å². The van der Waals surface area contributed by atoms with Gasteiger partial charge < -0.3 is 10.4 Å². The Bertz CT molecular complexity index is 380. The molecule has 0 bridgehead atoms. The summed E-state index contributed by atoms with van der Waals surface area (Å²) in [5.41, 5.74) is -0.806. The van der Waals surface area contributed by atoms with Crippen molar-refractivity contribution >= 4 is 5.91 Å². The number of hydrogen-bond donors (Lipinski definition) is 2. The van der Waals surface area contributed by atoms with Gasteiger partial charge >= 0.3 is 0 Å². The van der Waals surface area contributed by atoms with Gasteiger partial charge in [-0.05, 0) is 25.3 Å². The minimum Gasteiger partial charge on any atom is -0.376 e. The van der Waals surface area contributed by atoms with E-state index in [0.717, 1.165) is 12.8 Å². The van der Waals surface area contributed by atoms with Crippen molar-refractivity contribution in [1.29, 1.82) is 0 Å². The van der Waals surface area contributed by atoms with Crippen molar-refractivity contribution in [3.05, 3.63) is 35.9 Å². The van der Waals surface area contributed by atoms with E-state index in [0.29, 0.717) is 5.56 Å². The molecule has 0 saturated heterocycles. The molecule has 17 heavy (non-hydrogen) atoms. The van der Waals surface area contributed by atoms with Gasteiger partial charge in [0, 0.05) is 6.04 Å². The summed E-state index contributed by atoms with van der Waals surface area (Å²) in [4.78, 5) is 12.1. The summed E-state index contributed by atoms with van der Waals surface area (Å²) in [6.45, 7) is 1.55. The van der Waals surface area contributed by atoms with Gasteiger partial charge in [0.15, 0.2) is 5.60 Å². The van der Waals surface area contributed by atoms with Crippen LogP contribution in [-0.2, 0) is 10.4 Å². The van der Waals surface area contributed by atoms with Crippen LogP contribution in [0.4, 0.5) is 0 Å². The molecule has 1 unspecified atom stereocenters. The zero-order valence-corrected chi connectivity index (χ0v) is 10.1. The number of amides is 1. The number of aliphatic hydroxyl groups is 1. The molecule has 0 aromatic heterocycles. The van der Waals surface area contributed by atoms with Crippen molar-refractivity contribution in [2.45, 2.75) is 44.2 Å². The SMILES string of the molecule is CC(O)(C(=O)NC1CCCC1)c1ccccc1. The lowest BCUT2D eigenvalue weighted by Gasteiger charge is -2.25. The quantitative estimate of drug-likeness (QED) is 0.838. The maximum Gasteiger partial charge on any atom is 0.256 e. The van der Waals surface area contributed by atoms with E-state index < -0.39 is 5.60 Å². The number of carbonyl (C=O) groups excluding carboxylic acids is 1. The van der Waals surface area contributed by atoms with Crippen LogP contribution in [0, 0.1) is 0 Å². The molecule has 0 heterocycles. The van der Waals surface area contributed by atoms with Crippen LogP contribution in [0.5, 0.6) is 0 Å². The van der Waals surface area contributed by atoms with E-state index in [4.69, 9.17) is 0 Å². The zero-order chi connectivity index (χ0) is 12.3. The molecule has 1 fully saturated rings. The second-order valence-electron chi connectivity index (χ2n) is 4.89. The van der Waals surface area contributed by atoms with Gasteiger partial charge in [0.1, 0.15) is 0 Å². The van der Waals surface area contributed by atoms with Gasteiger partial charge in [-0.25, -0.2) is 0 Å². The van der Waals surface area contributed by atoms with E-state index in [1.807, 2.05) is 18.2 Å². The van der Waals surface area contributed by atoms with Gasteiger partial charge in [-0.1, -0.05) is 43.2 Å². The number of carbonyl (C=O) groups is 1. The predicted molar refractivity (Wildman–Crippen MR) is 66.4 cm³/mol. The Labute approximate surface area is 102 Å². The average Bonchev–Trinajstić information content (AvgIpc) is 2.83. The van der Waals surface area contributed by atoms with Crippen LogP contribution in [0.3, 0.4) is 0 Å².